The maximum atomic E-state index is 12.5. The molecular formula is C19H22N2O3S2. The molecule has 2 heterocycles. The van der Waals surface area contributed by atoms with Crippen LogP contribution in [0.4, 0.5) is 0 Å². The van der Waals surface area contributed by atoms with Crippen molar-refractivity contribution in [3.63, 3.8) is 0 Å². The minimum atomic E-state index is -3.58. The van der Waals surface area contributed by atoms with Crippen LogP contribution in [0, 0.1) is 6.92 Å². The Balaban J connectivity index is 1.68. The lowest BCUT2D eigenvalue weighted by molar-refractivity contribution is 0.508. The summed E-state index contributed by atoms with van der Waals surface area (Å²) in [5, 5.41) is 2.88. The van der Waals surface area contributed by atoms with Crippen LogP contribution in [0.15, 0.2) is 51.1 Å². The smallest absolute Gasteiger partial charge is 0.240 e. The first-order valence-corrected chi connectivity index (χ1v) is 10.9. The number of nitrogens with zero attached hydrogens (tertiary/aromatic N) is 1. The number of thiazole rings is 1. The number of rotatable bonds is 7. The second-order valence-electron chi connectivity index (χ2n) is 6.22. The Morgan fingerprint density at radius 2 is 1.92 bits per heavy atom. The molecule has 0 saturated heterocycles. The van der Waals surface area contributed by atoms with Crippen molar-refractivity contribution in [2.24, 2.45) is 0 Å². The van der Waals surface area contributed by atoms with Crippen LogP contribution < -0.4 is 4.72 Å². The molecular weight excluding hydrogens is 368 g/mol. The summed E-state index contributed by atoms with van der Waals surface area (Å²) in [5.74, 6) is 1.60. The van der Waals surface area contributed by atoms with Crippen molar-refractivity contribution in [2.75, 3.05) is 0 Å². The summed E-state index contributed by atoms with van der Waals surface area (Å²) in [6, 6.07) is 10.6. The summed E-state index contributed by atoms with van der Waals surface area (Å²) in [5.41, 5.74) is 1.91. The van der Waals surface area contributed by atoms with E-state index in [-0.39, 0.29) is 11.4 Å². The van der Waals surface area contributed by atoms with Gasteiger partial charge < -0.3 is 4.42 Å². The normalized spacial score (nSPS) is 13.0. The zero-order valence-electron chi connectivity index (χ0n) is 15.0. The Bertz CT molecular complexity index is 972. The number of hydrogen-bond donors (Lipinski definition) is 1. The van der Waals surface area contributed by atoms with Crippen molar-refractivity contribution in [3.8, 4) is 11.5 Å². The molecule has 0 saturated carbocycles. The summed E-state index contributed by atoms with van der Waals surface area (Å²) >= 11 is 1.55. The van der Waals surface area contributed by atoms with Crippen LogP contribution >= 0.6 is 11.3 Å². The van der Waals surface area contributed by atoms with Crippen LogP contribution in [0.1, 0.15) is 42.5 Å². The van der Waals surface area contributed by atoms with Crippen molar-refractivity contribution >= 4 is 21.4 Å². The minimum Gasteiger partial charge on any atom is -0.458 e. The molecule has 0 aliphatic carbocycles. The molecule has 0 fully saturated rings. The molecule has 3 rings (SSSR count). The van der Waals surface area contributed by atoms with Crippen molar-refractivity contribution in [2.45, 2.75) is 44.6 Å². The van der Waals surface area contributed by atoms with Gasteiger partial charge in [-0.2, -0.15) is 0 Å². The van der Waals surface area contributed by atoms with Gasteiger partial charge >= 0.3 is 0 Å². The lowest BCUT2D eigenvalue weighted by Crippen LogP contribution is -2.23. The largest absolute Gasteiger partial charge is 0.458 e. The Labute approximate surface area is 158 Å². The maximum absolute atomic E-state index is 12.5. The lowest BCUT2D eigenvalue weighted by Gasteiger charge is -2.10. The lowest BCUT2D eigenvalue weighted by atomic mass is 9.99. The molecule has 1 aromatic carbocycles. The molecule has 1 N–H and O–H groups in total. The van der Waals surface area contributed by atoms with E-state index in [0.29, 0.717) is 17.4 Å². The summed E-state index contributed by atoms with van der Waals surface area (Å²) in [6.07, 6.45) is 1.02. The molecule has 0 spiro atoms. The number of nitrogens with one attached hydrogen (secondary N) is 1. The summed E-state index contributed by atoms with van der Waals surface area (Å²) < 4.78 is 33.2. The predicted molar refractivity (Wildman–Crippen MR) is 104 cm³/mol. The quantitative estimate of drug-likeness (QED) is 0.634. The average Bonchev–Trinajstić information content (AvgIpc) is 3.28. The van der Waals surface area contributed by atoms with Crippen LogP contribution in [-0.2, 0) is 16.6 Å². The molecule has 3 aromatic rings. The van der Waals surface area contributed by atoms with Gasteiger partial charge in [-0.1, -0.05) is 26.0 Å². The third-order valence-corrected chi connectivity index (χ3v) is 6.53. The molecule has 1 atom stereocenters. The second-order valence-corrected chi connectivity index (χ2v) is 9.05. The first-order valence-electron chi connectivity index (χ1n) is 8.50. The number of aromatic nitrogens is 1. The van der Waals surface area contributed by atoms with E-state index in [1.54, 1.807) is 35.6 Å². The van der Waals surface area contributed by atoms with E-state index < -0.39 is 10.0 Å². The number of aryl methyl sites for hydroxylation is 1. The molecule has 2 aromatic heterocycles. The number of sulfonamides is 1. The SMILES string of the molecule is CCC(C)c1ccc(S(=O)(=O)NCc2ccc(-c3csc(C)n3)o2)cc1. The molecule has 5 nitrogen and oxygen atoms in total. The standard InChI is InChI=1S/C19H22N2O3S2/c1-4-13(2)15-5-8-17(9-6-15)26(22,23)20-11-16-7-10-19(24-16)18-12-25-14(3)21-18/h5-10,12-13,20H,4,11H2,1-3H3. The zero-order chi connectivity index (χ0) is 18.7. The molecule has 0 radical (unpaired) electrons. The fraction of sp³-hybridized carbons (Fsp3) is 0.316. The Morgan fingerprint density at radius 3 is 2.54 bits per heavy atom. The van der Waals surface area contributed by atoms with E-state index in [4.69, 9.17) is 4.42 Å². The van der Waals surface area contributed by atoms with Gasteiger partial charge in [0.2, 0.25) is 10.0 Å². The van der Waals surface area contributed by atoms with Gasteiger partial charge in [-0.05, 0) is 49.1 Å². The van der Waals surface area contributed by atoms with Crippen LogP contribution in [0.3, 0.4) is 0 Å². The van der Waals surface area contributed by atoms with E-state index >= 15 is 0 Å². The molecule has 0 aliphatic heterocycles. The Kier molecular flexibility index (Phi) is 5.60. The van der Waals surface area contributed by atoms with E-state index in [1.165, 1.54) is 0 Å². The highest BCUT2D eigenvalue weighted by atomic mass is 32.2. The first kappa shape index (κ1) is 18.8. The van der Waals surface area contributed by atoms with Gasteiger partial charge in [-0.25, -0.2) is 18.1 Å². The monoisotopic (exact) mass is 390 g/mol. The summed E-state index contributed by atoms with van der Waals surface area (Å²) in [7, 11) is -3.58. The van der Waals surface area contributed by atoms with Crippen molar-refractivity contribution in [1.29, 1.82) is 0 Å². The van der Waals surface area contributed by atoms with Gasteiger partial charge in [0.15, 0.2) is 5.76 Å². The van der Waals surface area contributed by atoms with E-state index in [1.807, 2.05) is 24.4 Å². The minimum absolute atomic E-state index is 0.0958. The molecule has 138 valence electrons. The van der Waals surface area contributed by atoms with Gasteiger partial charge in [0.25, 0.3) is 0 Å². The fourth-order valence-electron chi connectivity index (χ4n) is 2.55. The number of hydrogen-bond acceptors (Lipinski definition) is 5. The van der Waals surface area contributed by atoms with Crippen molar-refractivity contribution in [3.05, 3.63) is 58.1 Å². The third kappa shape index (κ3) is 4.23. The third-order valence-electron chi connectivity index (χ3n) is 4.34. The van der Waals surface area contributed by atoms with Gasteiger partial charge in [-0.15, -0.1) is 11.3 Å². The molecule has 0 bridgehead atoms. The molecule has 7 heteroatoms. The molecule has 26 heavy (non-hydrogen) atoms. The Morgan fingerprint density at radius 1 is 1.19 bits per heavy atom. The first-order chi connectivity index (χ1) is 12.4. The molecule has 1 unspecified atom stereocenters. The van der Waals surface area contributed by atoms with E-state index in [2.05, 4.69) is 23.6 Å². The van der Waals surface area contributed by atoms with Gasteiger partial charge in [-0.3, -0.25) is 0 Å². The highest BCUT2D eigenvalue weighted by Gasteiger charge is 2.16. The molecule has 0 amide bonds. The van der Waals surface area contributed by atoms with Crippen LogP contribution in [0.2, 0.25) is 0 Å². The maximum Gasteiger partial charge on any atom is 0.240 e. The number of furan rings is 1. The predicted octanol–water partition coefficient (Wildman–Crippen LogP) is 4.70. The van der Waals surface area contributed by atoms with Gasteiger partial charge in [0.05, 0.1) is 16.4 Å². The zero-order valence-corrected chi connectivity index (χ0v) is 16.7. The summed E-state index contributed by atoms with van der Waals surface area (Å²) in [4.78, 5) is 4.62. The van der Waals surface area contributed by atoms with Crippen LogP contribution in [0.5, 0.6) is 0 Å². The van der Waals surface area contributed by atoms with E-state index in [0.717, 1.165) is 22.7 Å². The topological polar surface area (TPSA) is 72.2 Å². The highest BCUT2D eigenvalue weighted by Crippen LogP contribution is 2.24. The number of benzene rings is 1. The van der Waals surface area contributed by atoms with Crippen molar-refractivity contribution in [1.82, 2.24) is 9.71 Å². The molecule has 0 aliphatic rings. The van der Waals surface area contributed by atoms with Crippen molar-refractivity contribution < 1.29 is 12.8 Å². The van der Waals surface area contributed by atoms with Crippen LogP contribution in [-0.4, -0.2) is 13.4 Å². The van der Waals surface area contributed by atoms with E-state index in [9.17, 15) is 8.42 Å². The summed E-state index contributed by atoms with van der Waals surface area (Å²) in [6.45, 7) is 6.26. The van der Waals surface area contributed by atoms with Crippen LogP contribution in [0.25, 0.3) is 11.5 Å². The fourth-order valence-corrected chi connectivity index (χ4v) is 4.14. The van der Waals surface area contributed by atoms with Gasteiger partial charge in [0.1, 0.15) is 11.5 Å². The highest BCUT2D eigenvalue weighted by molar-refractivity contribution is 7.89. The average molecular weight is 391 g/mol. The van der Waals surface area contributed by atoms with Gasteiger partial charge in [0, 0.05) is 5.38 Å². The second kappa shape index (κ2) is 7.73. The Hall–Kier alpha value is -1.96.